The number of phosphoric acid groups is 2. The number of phosphoric ester groups is 2. The van der Waals surface area contributed by atoms with Crippen LogP contribution in [0.5, 0.6) is 0 Å². The Balaban J connectivity index is 4.44. The van der Waals surface area contributed by atoms with Gasteiger partial charge in [-0.15, -0.1) is 0 Å². The molecule has 0 saturated carbocycles. The first-order valence-electron chi connectivity index (χ1n) is 43.2. The van der Waals surface area contributed by atoms with Crippen molar-refractivity contribution < 1.29 is 75.8 Å². The maximum Gasteiger partial charge on any atom is 0.472 e. The summed E-state index contributed by atoms with van der Waals surface area (Å²) in [5.41, 5.74) is 0. The number of aliphatic hydroxyl groups is 2. The summed E-state index contributed by atoms with van der Waals surface area (Å²) in [4.78, 5) is 58.7. The van der Waals surface area contributed by atoms with E-state index < -0.39 is 91.5 Å². The van der Waals surface area contributed by atoms with Gasteiger partial charge in [-0.3, -0.25) is 32.5 Å². The van der Waals surface area contributed by atoms with E-state index in [1.165, 1.54) is 193 Å². The smallest absolute Gasteiger partial charge is 0.463 e. The molecule has 5 unspecified atom stereocenters. The number of unbranched alkanes of at least 4 members (excludes halogenated alkanes) is 41. The number of ether oxygens (including phenoxy) is 3. The number of hydrogen-bond donors (Lipinski definition) is 4. The zero-order valence-corrected chi connectivity index (χ0v) is 69.8. The largest absolute Gasteiger partial charge is 0.472 e. The summed E-state index contributed by atoms with van der Waals surface area (Å²) in [5.74, 6) is -1.57. The predicted octanol–water partition coefficient (Wildman–Crippen LogP) is 25.9. The van der Waals surface area contributed by atoms with Crippen LogP contribution in [0.25, 0.3) is 0 Å². The van der Waals surface area contributed by atoms with Crippen molar-refractivity contribution in [1.29, 1.82) is 0 Å². The highest BCUT2D eigenvalue weighted by atomic mass is 31.2. The van der Waals surface area contributed by atoms with Crippen molar-refractivity contribution in [3.63, 3.8) is 0 Å². The Labute approximate surface area is 653 Å². The highest BCUT2D eigenvalue weighted by Crippen LogP contribution is 2.45. The highest BCUT2D eigenvalue weighted by Gasteiger charge is 2.29. The van der Waals surface area contributed by atoms with Crippen molar-refractivity contribution >= 4 is 33.6 Å². The molecule has 5 atom stereocenters. The van der Waals surface area contributed by atoms with E-state index in [1.54, 1.807) is 0 Å². The SMILES string of the molecule is CCCCC/C=C\C/C=C\C/C=C\C/C=C\CCCCCCCCCCCCCCCCCC(=O)OCC(O)COP(=O)(O)OCC(O)COP(=O)(O)OCC(COC(=O)CCCCCCCCCCCCC/C=C\C/C=C\C/C=C\C/C=C\CCCCC)OC(=O)CCCCCCC/C=C\CCCCCC. The lowest BCUT2D eigenvalue weighted by atomic mass is 10.0. The molecular formula is C89H158O16P2. The molecule has 0 aliphatic carbocycles. The number of carbonyl (C=O) groups is 3. The van der Waals surface area contributed by atoms with Crippen LogP contribution in [0.1, 0.15) is 380 Å². The predicted molar refractivity (Wildman–Crippen MR) is 445 cm³/mol. The van der Waals surface area contributed by atoms with Crippen molar-refractivity contribution in [3.8, 4) is 0 Å². The first-order chi connectivity index (χ1) is 52.2. The Hall–Kier alpha value is -3.79. The average molecular weight is 1550 g/mol. The molecule has 4 N–H and O–H groups in total. The fraction of sp³-hybridized carbons (Fsp3) is 0.764. The van der Waals surface area contributed by atoms with Gasteiger partial charge >= 0.3 is 33.6 Å². The third-order valence-corrected chi connectivity index (χ3v) is 20.3. The van der Waals surface area contributed by atoms with Crippen LogP contribution in [-0.2, 0) is 55.8 Å². The molecule has 0 heterocycles. The van der Waals surface area contributed by atoms with Crippen molar-refractivity contribution in [2.75, 3.05) is 39.6 Å². The fourth-order valence-corrected chi connectivity index (χ4v) is 13.4. The van der Waals surface area contributed by atoms with Crippen LogP contribution in [0.15, 0.2) is 109 Å². The van der Waals surface area contributed by atoms with Gasteiger partial charge in [0, 0.05) is 19.3 Å². The molecule has 16 nitrogen and oxygen atoms in total. The maximum absolute atomic E-state index is 13.0. The summed E-state index contributed by atoms with van der Waals surface area (Å²) >= 11 is 0. The molecule has 0 aromatic heterocycles. The molecule has 0 bridgehead atoms. The topological polar surface area (TPSA) is 231 Å². The lowest BCUT2D eigenvalue weighted by Gasteiger charge is -2.21. The number of aliphatic hydroxyl groups excluding tert-OH is 2. The van der Waals surface area contributed by atoms with Crippen LogP contribution in [0, 0.1) is 0 Å². The summed E-state index contributed by atoms with van der Waals surface area (Å²) < 4.78 is 61.2. The van der Waals surface area contributed by atoms with Gasteiger partial charge in [-0.2, -0.15) is 0 Å². The number of carbonyl (C=O) groups excluding carboxylic acids is 3. The third-order valence-electron chi connectivity index (χ3n) is 18.4. The lowest BCUT2D eigenvalue weighted by Crippen LogP contribution is -2.30. The van der Waals surface area contributed by atoms with Gasteiger partial charge in [0.2, 0.25) is 0 Å². The summed E-state index contributed by atoms with van der Waals surface area (Å²) in [6.45, 7) is 2.64. The molecule has 0 spiro atoms. The number of esters is 3. The van der Waals surface area contributed by atoms with E-state index in [1.807, 2.05) is 0 Å². The molecule has 0 aromatic rings. The molecule has 620 valence electrons. The molecule has 0 amide bonds. The molecule has 0 aliphatic heterocycles. The lowest BCUT2D eigenvalue weighted by molar-refractivity contribution is -0.161. The molecule has 0 radical (unpaired) electrons. The zero-order valence-electron chi connectivity index (χ0n) is 68.0. The van der Waals surface area contributed by atoms with Gasteiger partial charge in [-0.05, 0) is 135 Å². The second kappa shape index (κ2) is 81.7. The Morgan fingerprint density at radius 3 is 0.766 bits per heavy atom. The van der Waals surface area contributed by atoms with Crippen LogP contribution < -0.4 is 0 Å². The summed E-state index contributed by atoms with van der Waals surface area (Å²) in [7, 11) is -9.79. The minimum Gasteiger partial charge on any atom is -0.463 e. The minimum absolute atomic E-state index is 0.0945. The summed E-state index contributed by atoms with van der Waals surface area (Å²) in [6, 6.07) is 0. The van der Waals surface area contributed by atoms with Gasteiger partial charge in [0.05, 0.1) is 26.4 Å². The van der Waals surface area contributed by atoms with Crippen LogP contribution in [0.2, 0.25) is 0 Å². The zero-order chi connectivity index (χ0) is 78.0. The van der Waals surface area contributed by atoms with Gasteiger partial charge < -0.3 is 34.2 Å². The Morgan fingerprint density at radius 1 is 0.262 bits per heavy atom. The molecule has 0 saturated heterocycles. The average Bonchev–Trinajstić information content (AvgIpc) is 1.06. The van der Waals surface area contributed by atoms with E-state index in [0.29, 0.717) is 19.3 Å². The van der Waals surface area contributed by atoms with Crippen LogP contribution >= 0.6 is 15.6 Å². The van der Waals surface area contributed by atoms with E-state index in [9.17, 15) is 43.5 Å². The fourth-order valence-electron chi connectivity index (χ4n) is 11.8. The third kappa shape index (κ3) is 83.0. The van der Waals surface area contributed by atoms with Gasteiger partial charge in [-0.1, -0.05) is 336 Å². The first-order valence-corrected chi connectivity index (χ1v) is 46.2. The number of allylic oxidation sites excluding steroid dienone is 18. The van der Waals surface area contributed by atoms with E-state index in [0.717, 1.165) is 128 Å². The Morgan fingerprint density at radius 2 is 0.467 bits per heavy atom. The maximum atomic E-state index is 13.0. The van der Waals surface area contributed by atoms with Gasteiger partial charge in [0.15, 0.2) is 6.10 Å². The second-order valence-corrected chi connectivity index (χ2v) is 31.9. The van der Waals surface area contributed by atoms with Crippen LogP contribution in [-0.4, -0.2) is 95.9 Å². The van der Waals surface area contributed by atoms with Crippen LogP contribution in [0.3, 0.4) is 0 Å². The van der Waals surface area contributed by atoms with Crippen molar-refractivity contribution in [3.05, 3.63) is 109 Å². The molecule has 107 heavy (non-hydrogen) atoms. The molecule has 18 heteroatoms. The van der Waals surface area contributed by atoms with Crippen molar-refractivity contribution in [2.45, 2.75) is 399 Å². The van der Waals surface area contributed by atoms with Gasteiger partial charge in [0.25, 0.3) is 0 Å². The molecule has 0 aliphatic rings. The molecular weight excluding hydrogens is 1390 g/mol. The Kier molecular flexibility index (Phi) is 78.8. The minimum atomic E-state index is -4.93. The Bertz CT molecular complexity index is 2380. The second-order valence-electron chi connectivity index (χ2n) is 29.0. The normalized spacial score (nSPS) is 14.4. The standard InChI is InChI=1S/C89H158O16P2/c1-4-7-10-13-16-19-22-25-27-29-31-33-35-37-39-40-41-42-44-46-47-49-51-53-55-58-60-63-66-69-72-75-87(92)99-78-84(90)79-101-106(95,96)102-80-85(91)81-103-107(97,98)104-83-86(105-89(94)77-74-71-68-65-62-57-24-21-18-15-12-9-6-3)82-100-88(93)76-73-70-67-64-61-59-56-54-52-50-48-45-43-38-36-34-32-30-28-26-23-20-17-14-11-8-5-2/h16-17,19-21,24-28,31-34,37-39,43,84-86,90-91H,4-15,18,22-23,29-30,35-36,40-42,44-83H2,1-3H3,(H,95,96)(H,97,98)/b19-16-,20-17-,24-21-,27-25-,28-26-,33-31-,34-32-,39-37-,43-38-. The monoisotopic (exact) mass is 1550 g/mol. The number of rotatable bonds is 82. The highest BCUT2D eigenvalue weighted by molar-refractivity contribution is 7.47. The van der Waals surface area contributed by atoms with E-state index in [-0.39, 0.29) is 19.3 Å². The summed E-state index contributed by atoms with van der Waals surface area (Å²) in [5, 5.41) is 20.7. The molecule has 0 aromatic carbocycles. The molecule has 0 fully saturated rings. The van der Waals surface area contributed by atoms with E-state index in [4.69, 9.17) is 32.3 Å². The number of hydrogen-bond acceptors (Lipinski definition) is 14. The molecule has 0 rings (SSSR count). The van der Waals surface area contributed by atoms with Gasteiger partial charge in [-0.25, -0.2) is 9.13 Å². The van der Waals surface area contributed by atoms with Crippen LogP contribution in [0.4, 0.5) is 0 Å². The van der Waals surface area contributed by atoms with E-state index >= 15 is 0 Å². The van der Waals surface area contributed by atoms with Crippen molar-refractivity contribution in [2.24, 2.45) is 0 Å². The van der Waals surface area contributed by atoms with Gasteiger partial charge in [0.1, 0.15) is 25.4 Å². The van der Waals surface area contributed by atoms with Crippen molar-refractivity contribution in [1.82, 2.24) is 0 Å². The van der Waals surface area contributed by atoms with E-state index in [2.05, 4.69) is 130 Å². The summed E-state index contributed by atoms with van der Waals surface area (Å²) in [6.07, 6.45) is 97.2. The quantitative estimate of drug-likeness (QED) is 0.0146. The first kappa shape index (κ1) is 103.